The molecule has 11 heavy (non-hydrogen) atoms. The zero-order chi connectivity index (χ0) is 8.85. The summed E-state index contributed by atoms with van der Waals surface area (Å²) in [5.41, 5.74) is 0. The average Bonchev–Trinajstić information content (AvgIpc) is 1.86. The second kappa shape index (κ2) is 5.56. The van der Waals surface area contributed by atoms with Gasteiger partial charge < -0.3 is 5.32 Å². The molecule has 2 N–H and O–H groups in total. The van der Waals surface area contributed by atoms with Gasteiger partial charge in [0.1, 0.15) is 0 Å². The molecule has 68 valence electrons. The van der Waals surface area contributed by atoms with Crippen LogP contribution in [0.3, 0.4) is 0 Å². The molecule has 1 unspecified atom stereocenters. The van der Waals surface area contributed by atoms with Gasteiger partial charge in [-0.25, -0.2) is 0 Å². The molecule has 0 spiro atoms. The van der Waals surface area contributed by atoms with E-state index in [1.807, 2.05) is 0 Å². The molecule has 0 aliphatic heterocycles. The first-order valence-corrected chi connectivity index (χ1v) is 4.57. The van der Waals surface area contributed by atoms with Gasteiger partial charge in [0.2, 0.25) is 0 Å². The van der Waals surface area contributed by atoms with Crippen molar-refractivity contribution in [3.05, 3.63) is 0 Å². The molecule has 0 aliphatic rings. The SMILES string of the molecule is CCNC(NC(C)C)C(C)C. The van der Waals surface area contributed by atoms with Crippen molar-refractivity contribution in [2.75, 3.05) is 6.54 Å². The summed E-state index contributed by atoms with van der Waals surface area (Å²) in [5.74, 6) is 0.650. The molecule has 0 amide bonds. The minimum atomic E-state index is 0.458. The van der Waals surface area contributed by atoms with Crippen molar-refractivity contribution in [3.63, 3.8) is 0 Å². The van der Waals surface area contributed by atoms with Gasteiger partial charge in [0.05, 0.1) is 6.17 Å². The largest absolute Gasteiger partial charge is 0.302 e. The highest BCUT2D eigenvalue weighted by molar-refractivity contribution is 4.69. The van der Waals surface area contributed by atoms with Crippen LogP contribution < -0.4 is 10.6 Å². The minimum Gasteiger partial charge on any atom is -0.302 e. The lowest BCUT2D eigenvalue weighted by Gasteiger charge is -2.25. The van der Waals surface area contributed by atoms with Crippen molar-refractivity contribution in [2.45, 2.75) is 46.8 Å². The zero-order valence-corrected chi connectivity index (χ0v) is 8.44. The van der Waals surface area contributed by atoms with Gasteiger partial charge in [-0.2, -0.15) is 0 Å². The molecule has 1 atom stereocenters. The smallest absolute Gasteiger partial charge is 0.0597 e. The van der Waals surface area contributed by atoms with E-state index in [-0.39, 0.29) is 0 Å². The molecule has 0 rings (SSSR count). The number of nitrogens with one attached hydrogen (secondary N) is 2. The summed E-state index contributed by atoms with van der Waals surface area (Å²) in [6.07, 6.45) is 0.458. The topological polar surface area (TPSA) is 24.1 Å². The van der Waals surface area contributed by atoms with Crippen LogP contribution >= 0.6 is 0 Å². The Balaban J connectivity index is 3.69. The lowest BCUT2D eigenvalue weighted by Crippen LogP contribution is -2.48. The maximum Gasteiger partial charge on any atom is 0.0597 e. The zero-order valence-electron chi connectivity index (χ0n) is 8.44. The first-order chi connectivity index (χ1) is 5.07. The monoisotopic (exact) mass is 158 g/mol. The molecule has 0 heterocycles. The van der Waals surface area contributed by atoms with Crippen molar-refractivity contribution >= 4 is 0 Å². The van der Waals surface area contributed by atoms with Crippen LogP contribution in [0.2, 0.25) is 0 Å². The number of hydrogen-bond donors (Lipinski definition) is 2. The van der Waals surface area contributed by atoms with E-state index in [2.05, 4.69) is 45.3 Å². The molecule has 0 fully saturated rings. The Morgan fingerprint density at radius 1 is 1.09 bits per heavy atom. The third-order valence-electron chi connectivity index (χ3n) is 1.60. The summed E-state index contributed by atoms with van der Waals surface area (Å²) in [5, 5.41) is 6.87. The van der Waals surface area contributed by atoms with E-state index in [9.17, 15) is 0 Å². The molecule has 0 aromatic heterocycles. The minimum absolute atomic E-state index is 0.458. The molecular weight excluding hydrogens is 136 g/mol. The standard InChI is InChI=1S/C9H22N2/c1-6-10-9(7(2)3)11-8(4)5/h7-11H,6H2,1-5H3. The van der Waals surface area contributed by atoms with E-state index in [0.29, 0.717) is 18.1 Å². The maximum absolute atomic E-state index is 3.47. The molecule has 0 saturated heterocycles. The summed E-state index contributed by atoms with van der Waals surface area (Å²) in [4.78, 5) is 0. The molecule has 0 aliphatic carbocycles. The Morgan fingerprint density at radius 3 is 1.91 bits per heavy atom. The van der Waals surface area contributed by atoms with E-state index in [1.54, 1.807) is 0 Å². The summed E-state index contributed by atoms with van der Waals surface area (Å²) in [7, 11) is 0. The van der Waals surface area contributed by atoms with Crippen molar-refractivity contribution < 1.29 is 0 Å². The van der Waals surface area contributed by atoms with Crippen molar-refractivity contribution in [1.82, 2.24) is 10.6 Å². The van der Waals surface area contributed by atoms with Gasteiger partial charge in [0.25, 0.3) is 0 Å². The van der Waals surface area contributed by atoms with Crippen LogP contribution in [0.5, 0.6) is 0 Å². The van der Waals surface area contributed by atoms with Crippen molar-refractivity contribution in [1.29, 1.82) is 0 Å². The van der Waals surface area contributed by atoms with Gasteiger partial charge in [-0.05, 0) is 26.3 Å². The second-order valence-corrected chi connectivity index (χ2v) is 3.60. The van der Waals surface area contributed by atoms with Crippen LogP contribution in [0.1, 0.15) is 34.6 Å². The van der Waals surface area contributed by atoms with Gasteiger partial charge >= 0.3 is 0 Å². The van der Waals surface area contributed by atoms with Crippen molar-refractivity contribution in [3.8, 4) is 0 Å². The van der Waals surface area contributed by atoms with Crippen LogP contribution in [0.25, 0.3) is 0 Å². The van der Waals surface area contributed by atoms with E-state index >= 15 is 0 Å². The van der Waals surface area contributed by atoms with Gasteiger partial charge in [-0.3, -0.25) is 5.32 Å². The highest BCUT2D eigenvalue weighted by Crippen LogP contribution is 1.98. The predicted molar refractivity (Wildman–Crippen MR) is 50.6 cm³/mol. The Morgan fingerprint density at radius 2 is 1.64 bits per heavy atom. The van der Waals surface area contributed by atoms with Crippen LogP contribution in [-0.4, -0.2) is 18.8 Å². The van der Waals surface area contributed by atoms with E-state index in [0.717, 1.165) is 6.54 Å². The lowest BCUT2D eigenvalue weighted by molar-refractivity contribution is 0.318. The average molecular weight is 158 g/mol. The normalized spacial score (nSPS) is 14.5. The molecule has 0 aromatic rings. The molecule has 2 heteroatoms. The Bertz CT molecular complexity index is 89.6. The first kappa shape index (κ1) is 10.9. The van der Waals surface area contributed by atoms with Crippen LogP contribution in [0.15, 0.2) is 0 Å². The van der Waals surface area contributed by atoms with E-state index in [1.165, 1.54) is 0 Å². The molecule has 0 bridgehead atoms. The fraction of sp³-hybridized carbons (Fsp3) is 1.00. The summed E-state index contributed by atoms with van der Waals surface area (Å²) < 4.78 is 0. The third kappa shape index (κ3) is 5.22. The second-order valence-electron chi connectivity index (χ2n) is 3.60. The van der Waals surface area contributed by atoms with Crippen molar-refractivity contribution in [2.24, 2.45) is 5.92 Å². The van der Waals surface area contributed by atoms with Crippen LogP contribution in [0, 0.1) is 5.92 Å². The maximum atomic E-state index is 3.47. The van der Waals surface area contributed by atoms with Gasteiger partial charge in [-0.15, -0.1) is 0 Å². The predicted octanol–water partition coefficient (Wildman–Crippen LogP) is 1.58. The van der Waals surface area contributed by atoms with E-state index < -0.39 is 0 Å². The number of rotatable bonds is 5. The molecule has 0 aromatic carbocycles. The molecule has 0 radical (unpaired) electrons. The molecular formula is C9H22N2. The summed E-state index contributed by atoms with van der Waals surface area (Å²) >= 11 is 0. The highest BCUT2D eigenvalue weighted by Gasteiger charge is 2.11. The van der Waals surface area contributed by atoms with Crippen LogP contribution in [-0.2, 0) is 0 Å². The Kier molecular flexibility index (Phi) is 5.51. The fourth-order valence-electron chi connectivity index (χ4n) is 1.07. The molecule has 0 saturated carbocycles. The summed E-state index contributed by atoms with van der Waals surface area (Å²) in [6, 6.07) is 0.557. The fourth-order valence-corrected chi connectivity index (χ4v) is 1.07. The first-order valence-electron chi connectivity index (χ1n) is 4.57. The van der Waals surface area contributed by atoms with Gasteiger partial charge in [0, 0.05) is 6.04 Å². The van der Waals surface area contributed by atoms with Gasteiger partial charge in [0.15, 0.2) is 0 Å². The van der Waals surface area contributed by atoms with Gasteiger partial charge in [-0.1, -0.05) is 20.8 Å². The summed E-state index contributed by atoms with van der Waals surface area (Å²) in [6.45, 7) is 12.0. The Hall–Kier alpha value is -0.0800. The van der Waals surface area contributed by atoms with Crippen LogP contribution in [0.4, 0.5) is 0 Å². The van der Waals surface area contributed by atoms with E-state index in [4.69, 9.17) is 0 Å². The number of hydrogen-bond acceptors (Lipinski definition) is 2. The molecule has 2 nitrogen and oxygen atoms in total. The quantitative estimate of drug-likeness (QED) is 0.594. The lowest BCUT2D eigenvalue weighted by atomic mass is 10.1. The highest BCUT2D eigenvalue weighted by atomic mass is 15.1. The third-order valence-corrected chi connectivity index (χ3v) is 1.60. The Labute approximate surface area is 70.8 Å².